The summed E-state index contributed by atoms with van der Waals surface area (Å²) in [6.07, 6.45) is 0. The molecule has 114 valence electrons. The number of hydrogen-bond donors (Lipinski definition) is 1. The largest absolute Gasteiger partial charge is 0.507 e. The van der Waals surface area contributed by atoms with Crippen LogP contribution in [0.5, 0.6) is 17.2 Å². The van der Waals surface area contributed by atoms with Gasteiger partial charge in [0.25, 0.3) is 0 Å². The summed E-state index contributed by atoms with van der Waals surface area (Å²) < 4.78 is 16.3. The Labute approximate surface area is 128 Å². The van der Waals surface area contributed by atoms with Gasteiger partial charge in [0.15, 0.2) is 0 Å². The monoisotopic (exact) mass is 300 g/mol. The number of cyclic esters (lactones) is 1. The van der Waals surface area contributed by atoms with Crippen LogP contribution in [0.25, 0.3) is 0 Å². The number of phenols is 1. The van der Waals surface area contributed by atoms with Crippen molar-refractivity contribution in [1.82, 2.24) is 0 Å². The molecule has 1 heterocycles. The Kier molecular flexibility index (Phi) is 3.41. The summed E-state index contributed by atoms with van der Waals surface area (Å²) in [5, 5.41) is 10.0. The maximum Gasteiger partial charge on any atom is 0.349 e. The van der Waals surface area contributed by atoms with Gasteiger partial charge in [0.05, 0.1) is 0 Å². The van der Waals surface area contributed by atoms with E-state index in [1.807, 2.05) is 30.3 Å². The Bertz CT molecular complexity index is 706. The van der Waals surface area contributed by atoms with E-state index in [2.05, 4.69) is 0 Å². The van der Waals surface area contributed by atoms with Crippen LogP contribution < -0.4 is 9.47 Å². The fourth-order valence-electron chi connectivity index (χ4n) is 2.25. The number of esters is 1. The van der Waals surface area contributed by atoms with Gasteiger partial charge in [0.1, 0.15) is 29.4 Å². The van der Waals surface area contributed by atoms with E-state index in [0.29, 0.717) is 12.4 Å². The van der Waals surface area contributed by atoms with Crippen molar-refractivity contribution in [3.05, 3.63) is 53.6 Å². The Morgan fingerprint density at radius 2 is 1.86 bits per heavy atom. The Morgan fingerprint density at radius 3 is 2.59 bits per heavy atom. The summed E-state index contributed by atoms with van der Waals surface area (Å²) in [4.78, 5) is 11.9. The lowest BCUT2D eigenvalue weighted by Crippen LogP contribution is -2.38. The second-order valence-corrected chi connectivity index (χ2v) is 5.48. The fourth-order valence-corrected chi connectivity index (χ4v) is 2.25. The summed E-state index contributed by atoms with van der Waals surface area (Å²) in [5.74, 6) is -1.23. The van der Waals surface area contributed by atoms with Crippen molar-refractivity contribution in [2.24, 2.45) is 0 Å². The molecular formula is C17H16O5. The van der Waals surface area contributed by atoms with Gasteiger partial charge in [-0.3, -0.25) is 0 Å². The number of rotatable bonds is 3. The molecule has 1 N–H and O–H groups in total. The molecule has 0 saturated heterocycles. The van der Waals surface area contributed by atoms with Gasteiger partial charge in [-0.2, -0.15) is 0 Å². The third-order valence-electron chi connectivity index (χ3n) is 3.20. The van der Waals surface area contributed by atoms with Gasteiger partial charge >= 0.3 is 5.97 Å². The topological polar surface area (TPSA) is 65.0 Å². The number of fused-ring (bicyclic) bond motifs is 1. The highest BCUT2D eigenvalue weighted by atomic mass is 16.7. The first-order valence-corrected chi connectivity index (χ1v) is 6.91. The van der Waals surface area contributed by atoms with E-state index in [0.717, 1.165) is 5.56 Å². The highest BCUT2D eigenvalue weighted by molar-refractivity contribution is 5.96. The maximum atomic E-state index is 11.9. The lowest BCUT2D eigenvalue weighted by atomic mass is 10.1. The van der Waals surface area contributed by atoms with Crippen LogP contribution in [-0.4, -0.2) is 16.9 Å². The first kappa shape index (κ1) is 14.3. The molecule has 1 aliphatic heterocycles. The molecule has 0 amide bonds. The summed E-state index contributed by atoms with van der Waals surface area (Å²) in [6.45, 7) is 3.61. The van der Waals surface area contributed by atoms with E-state index < -0.39 is 11.8 Å². The molecule has 22 heavy (non-hydrogen) atoms. The molecule has 0 atom stereocenters. The van der Waals surface area contributed by atoms with Gasteiger partial charge in [-0.1, -0.05) is 30.3 Å². The summed E-state index contributed by atoms with van der Waals surface area (Å²) >= 11 is 0. The van der Waals surface area contributed by atoms with Gasteiger partial charge in [0, 0.05) is 26.0 Å². The van der Waals surface area contributed by atoms with Crippen LogP contribution in [0.15, 0.2) is 42.5 Å². The average Bonchev–Trinajstić information content (AvgIpc) is 2.44. The third kappa shape index (κ3) is 2.83. The number of carbonyl (C=O) groups excluding carboxylic acids is 1. The first-order chi connectivity index (χ1) is 10.4. The van der Waals surface area contributed by atoms with Crippen LogP contribution in [0.2, 0.25) is 0 Å². The van der Waals surface area contributed by atoms with Crippen molar-refractivity contribution < 1.29 is 24.1 Å². The molecule has 0 saturated carbocycles. The predicted molar refractivity (Wildman–Crippen MR) is 79.0 cm³/mol. The van der Waals surface area contributed by atoms with E-state index in [1.54, 1.807) is 19.9 Å². The molecule has 0 unspecified atom stereocenters. The van der Waals surface area contributed by atoms with Crippen molar-refractivity contribution in [2.75, 3.05) is 0 Å². The van der Waals surface area contributed by atoms with Gasteiger partial charge in [-0.05, 0) is 5.56 Å². The highest BCUT2D eigenvalue weighted by Crippen LogP contribution is 2.39. The van der Waals surface area contributed by atoms with E-state index in [9.17, 15) is 9.90 Å². The number of hydrogen-bond acceptors (Lipinski definition) is 5. The summed E-state index contributed by atoms with van der Waals surface area (Å²) in [6, 6.07) is 12.6. The normalized spacial score (nSPS) is 15.5. The number of aromatic hydroxyl groups is 1. The molecule has 1 aliphatic rings. The molecule has 0 bridgehead atoms. The van der Waals surface area contributed by atoms with Crippen LogP contribution in [0, 0.1) is 0 Å². The molecule has 3 rings (SSSR count). The predicted octanol–water partition coefficient (Wildman–Crippen LogP) is 3.26. The molecular weight excluding hydrogens is 284 g/mol. The van der Waals surface area contributed by atoms with Crippen molar-refractivity contribution in [2.45, 2.75) is 26.2 Å². The third-order valence-corrected chi connectivity index (χ3v) is 3.20. The lowest BCUT2D eigenvalue weighted by Gasteiger charge is -2.32. The zero-order chi connectivity index (χ0) is 15.7. The number of carbonyl (C=O) groups is 1. The van der Waals surface area contributed by atoms with Crippen LogP contribution in [0.4, 0.5) is 0 Å². The quantitative estimate of drug-likeness (QED) is 0.881. The molecule has 5 heteroatoms. The average molecular weight is 300 g/mol. The molecule has 0 radical (unpaired) electrons. The zero-order valence-electron chi connectivity index (χ0n) is 12.3. The van der Waals surface area contributed by atoms with Crippen LogP contribution in [0.1, 0.15) is 29.8 Å². The fraction of sp³-hybridized carbons (Fsp3) is 0.235. The summed E-state index contributed by atoms with van der Waals surface area (Å²) in [7, 11) is 0. The van der Waals surface area contributed by atoms with Crippen molar-refractivity contribution in [1.29, 1.82) is 0 Å². The summed E-state index contributed by atoms with van der Waals surface area (Å²) in [5.41, 5.74) is 1.02. The van der Waals surface area contributed by atoms with Crippen molar-refractivity contribution in [3.63, 3.8) is 0 Å². The minimum atomic E-state index is -1.07. The smallest absolute Gasteiger partial charge is 0.349 e. The lowest BCUT2D eigenvalue weighted by molar-refractivity contribution is -0.127. The second kappa shape index (κ2) is 5.26. The number of benzene rings is 2. The molecule has 0 aromatic heterocycles. The molecule has 2 aromatic carbocycles. The van der Waals surface area contributed by atoms with E-state index in [4.69, 9.17) is 14.2 Å². The van der Waals surface area contributed by atoms with Crippen molar-refractivity contribution in [3.8, 4) is 17.2 Å². The Morgan fingerprint density at radius 1 is 1.14 bits per heavy atom. The second-order valence-electron chi connectivity index (χ2n) is 5.48. The molecule has 0 aliphatic carbocycles. The van der Waals surface area contributed by atoms with Gasteiger partial charge < -0.3 is 19.3 Å². The van der Waals surface area contributed by atoms with E-state index in [1.165, 1.54) is 6.07 Å². The molecule has 0 fully saturated rings. The maximum absolute atomic E-state index is 11.9. The van der Waals surface area contributed by atoms with Crippen molar-refractivity contribution >= 4 is 5.97 Å². The molecule has 0 spiro atoms. The van der Waals surface area contributed by atoms with Crippen LogP contribution >= 0.6 is 0 Å². The van der Waals surface area contributed by atoms with Crippen LogP contribution in [0.3, 0.4) is 0 Å². The van der Waals surface area contributed by atoms with Gasteiger partial charge in [-0.25, -0.2) is 4.79 Å². The van der Waals surface area contributed by atoms with Gasteiger partial charge in [0.2, 0.25) is 5.79 Å². The van der Waals surface area contributed by atoms with Gasteiger partial charge in [-0.15, -0.1) is 0 Å². The van der Waals surface area contributed by atoms with Crippen LogP contribution in [-0.2, 0) is 11.3 Å². The molecule has 2 aromatic rings. The minimum Gasteiger partial charge on any atom is -0.507 e. The van der Waals surface area contributed by atoms with E-state index in [-0.39, 0.29) is 17.1 Å². The Hall–Kier alpha value is -2.69. The minimum absolute atomic E-state index is 0.0198. The standard InChI is InChI=1S/C17H16O5/c1-17(2)21-14-9-12(8-13(18)15(14)16(19)22-17)20-10-11-6-4-3-5-7-11/h3-9,18H,10H2,1-2H3. The Balaban J connectivity index is 1.86. The highest BCUT2D eigenvalue weighted by Gasteiger charge is 2.36. The van der Waals surface area contributed by atoms with E-state index >= 15 is 0 Å². The SMILES string of the molecule is CC1(C)OC(=O)c2c(O)cc(OCc3ccccc3)cc2O1. The number of ether oxygens (including phenoxy) is 3. The first-order valence-electron chi connectivity index (χ1n) is 6.91. The molecule has 5 nitrogen and oxygen atoms in total. The number of phenolic OH excluding ortho intramolecular Hbond substituents is 1. The zero-order valence-corrected chi connectivity index (χ0v) is 12.3.